The number of hydrogen-bond acceptors (Lipinski definition) is 7. The summed E-state index contributed by atoms with van der Waals surface area (Å²) in [6.45, 7) is 5.50. The normalized spacial score (nSPS) is 12.4. The predicted molar refractivity (Wildman–Crippen MR) is 131 cm³/mol. The third-order valence-corrected chi connectivity index (χ3v) is 8.67. The van der Waals surface area contributed by atoms with Gasteiger partial charge in [-0.3, -0.25) is 4.57 Å². The topological polar surface area (TPSA) is 101 Å². The van der Waals surface area contributed by atoms with Crippen molar-refractivity contribution in [2.75, 3.05) is 19.8 Å². The second-order valence-corrected chi connectivity index (χ2v) is 11.0. The lowest BCUT2D eigenvalue weighted by Crippen LogP contribution is -2.17. The Bertz CT molecular complexity index is 1320. The third kappa shape index (κ3) is 5.50. The van der Waals surface area contributed by atoms with Gasteiger partial charge in [0.1, 0.15) is 0 Å². The second kappa shape index (κ2) is 11.1. The largest absolute Gasteiger partial charge is 0.463 e. The van der Waals surface area contributed by atoms with Crippen molar-refractivity contribution in [3.8, 4) is 0 Å². The molecule has 0 unspecified atom stereocenters. The minimum absolute atomic E-state index is 0.0700. The van der Waals surface area contributed by atoms with Crippen LogP contribution in [0.15, 0.2) is 65.6 Å². The van der Waals surface area contributed by atoms with E-state index in [9.17, 15) is 17.8 Å². The van der Waals surface area contributed by atoms with E-state index in [-0.39, 0.29) is 36.6 Å². The Kier molecular flexibility index (Phi) is 8.49. The Morgan fingerprint density at radius 1 is 0.941 bits per heavy atom. The molecule has 0 atom stereocenters. The second-order valence-electron chi connectivity index (χ2n) is 7.15. The first-order valence-corrected chi connectivity index (χ1v) is 14.1. The highest BCUT2D eigenvalue weighted by atomic mass is 32.2. The number of nitrogens with zero attached hydrogens (tertiary/aromatic N) is 1. The molecule has 0 spiro atoms. The summed E-state index contributed by atoms with van der Waals surface area (Å²) in [5.41, 5.74) is 0.989. The van der Waals surface area contributed by atoms with Gasteiger partial charge in [-0.15, -0.1) is 0 Å². The third-order valence-electron chi connectivity index (χ3n) is 4.92. The highest BCUT2D eigenvalue weighted by Crippen LogP contribution is 2.53. The SMILES string of the molecule is CCOC(=O)/C=C/c1c(CP(=O)(OCC)OCC)n(S(=O)(=O)c2ccccc2)c2ccccc12. The van der Waals surface area contributed by atoms with Crippen molar-refractivity contribution in [2.45, 2.75) is 31.8 Å². The molecule has 0 amide bonds. The molecule has 0 radical (unpaired) electrons. The molecule has 0 aliphatic rings. The minimum atomic E-state index is -4.09. The highest BCUT2D eigenvalue weighted by Gasteiger charge is 2.33. The van der Waals surface area contributed by atoms with Gasteiger partial charge in [0.05, 0.1) is 42.1 Å². The van der Waals surface area contributed by atoms with Crippen LogP contribution in [0.2, 0.25) is 0 Å². The van der Waals surface area contributed by atoms with Crippen molar-refractivity contribution in [3.05, 3.63) is 71.9 Å². The zero-order chi connectivity index (χ0) is 24.8. The minimum Gasteiger partial charge on any atom is -0.463 e. The van der Waals surface area contributed by atoms with Crippen LogP contribution in [-0.2, 0) is 39.3 Å². The van der Waals surface area contributed by atoms with Gasteiger partial charge in [-0.1, -0.05) is 36.4 Å². The fourth-order valence-corrected chi connectivity index (χ4v) is 7.04. The maximum absolute atomic E-state index is 13.8. The molecule has 0 saturated carbocycles. The van der Waals surface area contributed by atoms with Gasteiger partial charge < -0.3 is 13.8 Å². The fourth-order valence-electron chi connectivity index (χ4n) is 3.64. The summed E-state index contributed by atoms with van der Waals surface area (Å²) < 4.78 is 58.2. The Labute approximate surface area is 199 Å². The van der Waals surface area contributed by atoms with Crippen molar-refractivity contribution in [1.82, 2.24) is 3.97 Å². The van der Waals surface area contributed by atoms with Gasteiger partial charge in [0.15, 0.2) is 0 Å². The van der Waals surface area contributed by atoms with Gasteiger partial charge in [0.2, 0.25) is 0 Å². The molecule has 1 aromatic heterocycles. The van der Waals surface area contributed by atoms with Crippen LogP contribution < -0.4 is 0 Å². The van der Waals surface area contributed by atoms with Gasteiger partial charge >= 0.3 is 13.6 Å². The standard InChI is InChI=1S/C24H28NO7PS/c1-4-30-24(26)17-16-21-20-14-10-11-15-22(20)25(34(28,29)19-12-8-7-9-13-19)23(21)18-33(27,31-5-2)32-6-3/h7-17H,4-6,18H2,1-3H3/b17-16+. The molecule has 34 heavy (non-hydrogen) atoms. The monoisotopic (exact) mass is 505 g/mol. The van der Waals surface area contributed by atoms with E-state index in [4.69, 9.17) is 13.8 Å². The van der Waals surface area contributed by atoms with Crippen LogP contribution >= 0.6 is 7.60 Å². The van der Waals surface area contributed by atoms with E-state index in [2.05, 4.69) is 0 Å². The van der Waals surface area contributed by atoms with Gasteiger partial charge in [-0.05, 0) is 45.0 Å². The number of benzene rings is 2. The summed E-state index contributed by atoms with van der Waals surface area (Å²) in [5, 5.41) is 0.567. The number of fused-ring (bicyclic) bond motifs is 1. The lowest BCUT2D eigenvalue weighted by Gasteiger charge is -2.19. The molecule has 0 aliphatic carbocycles. The summed E-state index contributed by atoms with van der Waals surface area (Å²) in [7, 11) is -7.80. The number of ether oxygens (including phenoxy) is 1. The molecular weight excluding hydrogens is 477 g/mol. The van der Waals surface area contributed by atoms with Crippen LogP contribution in [-0.4, -0.2) is 38.2 Å². The molecule has 0 aliphatic heterocycles. The van der Waals surface area contributed by atoms with Gasteiger partial charge in [0, 0.05) is 17.0 Å². The quantitative estimate of drug-likeness (QED) is 0.200. The molecule has 3 aromatic rings. The van der Waals surface area contributed by atoms with E-state index in [1.54, 1.807) is 63.2 Å². The average Bonchev–Trinajstić information content (AvgIpc) is 3.12. The molecule has 10 heteroatoms. The Morgan fingerprint density at radius 2 is 1.56 bits per heavy atom. The molecule has 3 rings (SSSR count). The van der Waals surface area contributed by atoms with Gasteiger partial charge in [0.25, 0.3) is 10.0 Å². The summed E-state index contributed by atoms with van der Waals surface area (Å²) in [5.74, 6) is -0.575. The molecule has 0 fully saturated rings. The van der Waals surface area contributed by atoms with Gasteiger partial charge in [-0.2, -0.15) is 0 Å². The summed E-state index contributed by atoms with van der Waals surface area (Å²) in [6.07, 6.45) is 2.40. The van der Waals surface area contributed by atoms with Gasteiger partial charge in [-0.25, -0.2) is 17.2 Å². The zero-order valence-corrected chi connectivity index (χ0v) is 21.1. The molecular formula is C24H28NO7PS. The first kappa shape index (κ1) is 25.9. The van der Waals surface area contributed by atoms with Crippen molar-refractivity contribution in [2.24, 2.45) is 0 Å². The number of para-hydroxylation sites is 1. The van der Waals surface area contributed by atoms with Crippen LogP contribution in [0.3, 0.4) is 0 Å². The summed E-state index contributed by atoms with van der Waals surface area (Å²) >= 11 is 0. The Morgan fingerprint density at radius 3 is 2.18 bits per heavy atom. The number of carbonyl (C=O) groups is 1. The van der Waals surface area contributed by atoms with Crippen molar-refractivity contribution < 1.29 is 31.6 Å². The van der Waals surface area contributed by atoms with Crippen LogP contribution in [0, 0.1) is 0 Å². The number of carbonyl (C=O) groups excluding carboxylic acids is 1. The summed E-state index contributed by atoms with van der Waals surface area (Å²) in [6, 6.07) is 14.8. The predicted octanol–water partition coefficient (Wildman–Crippen LogP) is 5.22. The molecule has 0 N–H and O–H groups in total. The van der Waals surface area contributed by atoms with Crippen LogP contribution in [0.1, 0.15) is 32.0 Å². The lowest BCUT2D eigenvalue weighted by molar-refractivity contribution is -0.137. The number of aromatic nitrogens is 1. The lowest BCUT2D eigenvalue weighted by atomic mass is 10.1. The summed E-state index contributed by atoms with van der Waals surface area (Å²) in [4.78, 5) is 12.1. The average molecular weight is 506 g/mol. The van der Waals surface area contributed by atoms with Crippen molar-refractivity contribution in [3.63, 3.8) is 0 Å². The Hall–Kier alpha value is -2.71. The molecule has 0 saturated heterocycles. The Balaban J connectivity index is 2.35. The maximum Gasteiger partial charge on any atom is 0.336 e. The molecule has 182 valence electrons. The molecule has 1 heterocycles. The maximum atomic E-state index is 13.8. The van der Waals surface area contributed by atoms with E-state index in [0.717, 1.165) is 3.97 Å². The van der Waals surface area contributed by atoms with E-state index in [0.29, 0.717) is 16.5 Å². The van der Waals surface area contributed by atoms with Crippen molar-refractivity contribution in [1.29, 1.82) is 0 Å². The zero-order valence-electron chi connectivity index (χ0n) is 19.3. The number of esters is 1. The fraction of sp³-hybridized carbons (Fsp3) is 0.292. The smallest absolute Gasteiger partial charge is 0.336 e. The van der Waals surface area contributed by atoms with E-state index in [1.165, 1.54) is 24.3 Å². The van der Waals surface area contributed by atoms with E-state index in [1.807, 2.05) is 0 Å². The molecule has 2 aromatic carbocycles. The number of rotatable bonds is 11. The van der Waals surface area contributed by atoms with Crippen LogP contribution in [0.4, 0.5) is 0 Å². The molecule has 8 nitrogen and oxygen atoms in total. The first-order valence-electron chi connectivity index (χ1n) is 10.9. The van der Waals surface area contributed by atoms with E-state index < -0.39 is 23.6 Å². The number of hydrogen-bond donors (Lipinski definition) is 0. The van der Waals surface area contributed by atoms with Crippen LogP contribution in [0.5, 0.6) is 0 Å². The molecule has 0 bridgehead atoms. The van der Waals surface area contributed by atoms with Crippen LogP contribution in [0.25, 0.3) is 17.0 Å². The highest BCUT2D eigenvalue weighted by molar-refractivity contribution is 7.90. The van der Waals surface area contributed by atoms with Crippen molar-refractivity contribution >= 4 is 40.6 Å². The first-order chi connectivity index (χ1) is 16.3. The van der Waals surface area contributed by atoms with E-state index >= 15 is 0 Å².